The molecule has 1 aliphatic heterocycles. The summed E-state index contributed by atoms with van der Waals surface area (Å²) in [5.74, 6) is 1.99. The molecule has 4 rings (SSSR count). The molecule has 130 valence electrons. The lowest BCUT2D eigenvalue weighted by atomic mass is 9.92. The zero-order valence-corrected chi connectivity index (χ0v) is 14.2. The highest BCUT2D eigenvalue weighted by Gasteiger charge is 2.27. The zero-order valence-electron chi connectivity index (χ0n) is 14.2. The molecule has 0 aliphatic carbocycles. The van der Waals surface area contributed by atoms with E-state index in [1.165, 1.54) is 0 Å². The smallest absolute Gasteiger partial charge is 0.232 e. The lowest BCUT2D eigenvalue weighted by Gasteiger charge is -2.25. The van der Waals surface area contributed by atoms with Crippen LogP contribution in [-0.4, -0.2) is 12.5 Å². The highest BCUT2D eigenvalue weighted by Crippen LogP contribution is 2.34. The molecule has 0 saturated carbocycles. The third-order valence-corrected chi connectivity index (χ3v) is 4.36. The second kappa shape index (κ2) is 7.31. The minimum absolute atomic E-state index is 0.0300. The van der Waals surface area contributed by atoms with E-state index in [0.717, 1.165) is 17.1 Å². The number of anilines is 1. The van der Waals surface area contributed by atoms with Gasteiger partial charge in [-0.05, 0) is 36.8 Å². The van der Waals surface area contributed by atoms with E-state index >= 15 is 0 Å². The van der Waals surface area contributed by atoms with Gasteiger partial charge in [-0.2, -0.15) is 0 Å². The van der Waals surface area contributed by atoms with Gasteiger partial charge in [-0.25, -0.2) is 0 Å². The first kappa shape index (κ1) is 16.2. The van der Waals surface area contributed by atoms with Crippen molar-refractivity contribution in [3.05, 3.63) is 84.4 Å². The Balaban J connectivity index is 1.49. The molecule has 0 bridgehead atoms. The molecule has 3 aromatic rings. The van der Waals surface area contributed by atoms with Gasteiger partial charge in [-0.3, -0.25) is 4.79 Å². The van der Waals surface area contributed by atoms with Crippen LogP contribution < -0.4 is 14.8 Å². The van der Waals surface area contributed by atoms with Gasteiger partial charge in [0.15, 0.2) is 0 Å². The van der Waals surface area contributed by atoms with Crippen molar-refractivity contribution < 1.29 is 14.3 Å². The van der Waals surface area contributed by atoms with E-state index in [2.05, 4.69) is 5.32 Å². The lowest BCUT2D eigenvalue weighted by Crippen LogP contribution is -2.26. The molecule has 4 nitrogen and oxygen atoms in total. The Morgan fingerprint density at radius 1 is 0.923 bits per heavy atom. The predicted octanol–water partition coefficient (Wildman–Crippen LogP) is 4.98. The summed E-state index contributed by atoms with van der Waals surface area (Å²) in [6.07, 6.45) is 0.670. The van der Waals surface area contributed by atoms with Crippen LogP contribution in [0.15, 0.2) is 78.9 Å². The number of fused-ring (bicyclic) bond motifs is 1. The first-order chi connectivity index (χ1) is 12.8. The fourth-order valence-electron chi connectivity index (χ4n) is 3.11. The SMILES string of the molecule is O=C(Nc1cccc(Oc2ccccc2)c1)C1CCOc2ccccc21. The summed E-state index contributed by atoms with van der Waals surface area (Å²) in [6, 6.07) is 24.7. The van der Waals surface area contributed by atoms with Crippen molar-refractivity contribution in [1.82, 2.24) is 0 Å². The van der Waals surface area contributed by atoms with Crippen molar-refractivity contribution in [2.24, 2.45) is 0 Å². The number of carbonyl (C=O) groups excluding carboxylic acids is 1. The van der Waals surface area contributed by atoms with Gasteiger partial charge in [0, 0.05) is 17.3 Å². The normalized spacial score (nSPS) is 15.5. The fourth-order valence-corrected chi connectivity index (χ4v) is 3.11. The van der Waals surface area contributed by atoms with Crippen LogP contribution in [0.25, 0.3) is 0 Å². The quantitative estimate of drug-likeness (QED) is 0.725. The van der Waals surface area contributed by atoms with Crippen LogP contribution in [0.4, 0.5) is 5.69 Å². The molecule has 1 amide bonds. The molecule has 1 heterocycles. The number of hydrogen-bond acceptors (Lipinski definition) is 3. The van der Waals surface area contributed by atoms with E-state index in [1.807, 2.05) is 78.9 Å². The number of nitrogens with one attached hydrogen (secondary N) is 1. The molecule has 0 saturated heterocycles. The minimum atomic E-state index is -0.210. The van der Waals surface area contributed by atoms with Crippen molar-refractivity contribution in [3.8, 4) is 17.2 Å². The van der Waals surface area contributed by atoms with Crippen LogP contribution in [0.3, 0.4) is 0 Å². The Morgan fingerprint density at radius 2 is 1.69 bits per heavy atom. The third kappa shape index (κ3) is 3.54. The van der Waals surface area contributed by atoms with Gasteiger partial charge in [0.05, 0.1) is 12.5 Å². The van der Waals surface area contributed by atoms with Crippen LogP contribution in [0.2, 0.25) is 0 Å². The summed E-state index contributed by atoms with van der Waals surface area (Å²) in [5.41, 5.74) is 1.65. The van der Waals surface area contributed by atoms with Gasteiger partial charge in [-0.1, -0.05) is 42.5 Å². The number of benzene rings is 3. The third-order valence-electron chi connectivity index (χ3n) is 4.36. The molecule has 1 aliphatic rings. The second-order valence-electron chi connectivity index (χ2n) is 6.16. The summed E-state index contributed by atoms with van der Waals surface area (Å²) in [5, 5.41) is 3.00. The average Bonchev–Trinajstić information content (AvgIpc) is 2.68. The van der Waals surface area contributed by atoms with Crippen LogP contribution >= 0.6 is 0 Å². The van der Waals surface area contributed by atoms with Gasteiger partial charge in [0.2, 0.25) is 5.91 Å². The van der Waals surface area contributed by atoms with E-state index in [1.54, 1.807) is 0 Å². The highest BCUT2D eigenvalue weighted by molar-refractivity contribution is 5.96. The van der Waals surface area contributed by atoms with E-state index in [0.29, 0.717) is 24.5 Å². The standard InChI is InChI=1S/C22H19NO3/c24-22(20-13-14-25-21-12-5-4-11-19(20)21)23-16-7-6-10-18(15-16)26-17-8-2-1-3-9-17/h1-12,15,20H,13-14H2,(H,23,24). The van der Waals surface area contributed by atoms with Crippen LogP contribution in [0, 0.1) is 0 Å². The molecule has 0 aromatic heterocycles. The Morgan fingerprint density at radius 3 is 2.58 bits per heavy atom. The second-order valence-corrected chi connectivity index (χ2v) is 6.16. The molecular weight excluding hydrogens is 326 g/mol. The summed E-state index contributed by atoms with van der Waals surface area (Å²) in [7, 11) is 0. The number of carbonyl (C=O) groups is 1. The first-order valence-electron chi connectivity index (χ1n) is 8.65. The fraction of sp³-hybridized carbons (Fsp3) is 0.136. The summed E-state index contributed by atoms with van der Waals surface area (Å²) in [4.78, 5) is 12.8. The first-order valence-corrected chi connectivity index (χ1v) is 8.65. The maximum Gasteiger partial charge on any atom is 0.232 e. The van der Waals surface area contributed by atoms with Gasteiger partial charge >= 0.3 is 0 Å². The summed E-state index contributed by atoms with van der Waals surface area (Å²) >= 11 is 0. The molecule has 1 unspecified atom stereocenters. The largest absolute Gasteiger partial charge is 0.493 e. The molecule has 26 heavy (non-hydrogen) atoms. The molecule has 1 atom stereocenters. The monoisotopic (exact) mass is 345 g/mol. The van der Waals surface area contributed by atoms with Crippen molar-refractivity contribution in [3.63, 3.8) is 0 Å². The predicted molar refractivity (Wildman–Crippen MR) is 101 cm³/mol. The number of para-hydroxylation sites is 2. The van der Waals surface area contributed by atoms with Gasteiger partial charge < -0.3 is 14.8 Å². The average molecular weight is 345 g/mol. The Kier molecular flexibility index (Phi) is 4.56. The Bertz CT molecular complexity index is 908. The number of hydrogen-bond donors (Lipinski definition) is 1. The van der Waals surface area contributed by atoms with E-state index in [9.17, 15) is 4.79 Å². The lowest BCUT2D eigenvalue weighted by molar-refractivity contribution is -0.118. The van der Waals surface area contributed by atoms with Gasteiger partial charge in [0.1, 0.15) is 17.2 Å². The van der Waals surface area contributed by atoms with Crippen LogP contribution in [0.5, 0.6) is 17.2 Å². The molecular formula is C22H19NO3. The van der Waals surface area contributed by atoms with Gasteiger partial charge in [0.25, 0.3) is 0 Å². The van der Waals surface area contributed by atoms with Gasteiger partial charge in [-0.15, -0.1) is 0 Å². The maximum absolute atomic E-state index is 12.8. The Labute approximate surface area is 152 Å². The minimum Gasteiger partial charge on any atom is -0.493 e. The van der Waals surface area contributed by atoms with Crippen molar-refractivity contribution in [2.45, 2.75) is 12.3 Å². The number of ether oxygens (including phenoxy) is 2. The number of amides is 1. The molecule has 4 heteroatoms. The highest BCUT2D eigenvalue weighted by atomic mass is 16.5. The molecule has 3 aromatic carbocycles. The van der Waals surface area contributed by atoms with E-state index in [-0.39, 0.29) is 11.8 Å². The summed E-state index contributed by atoms with van der Waals surface area (Å²) < 4.78 is 11.5. The van der Waals surface area contributed by atoms with Crippen LogP contribution in [0.1, 0.15) is 17.9 Å². The van der Waals surface area contributed by atoms with Crippen LogP contribution in [-0.2, 0) is 4.79 Å². The Hall–Kier alpha value is -3.27. The van der Waals surface area contributed by atoms with Crippen molar-refractivity contribution in [1.29, 1.82) is 0 Å². The molecule has 0 radical (unpaired) electrons. The topological polar surface area (TPSA) is 47.6 Å². The molecule has 0 fully saturated rings. The molecule has 0 spiro atoms. The maximum atomic E-state index is 12.8. The van der Waals surface area contributed by atoms with E-state index in [4.69, 9.17) is 9.47 Å². The summed E-state index contributed by atoms with van der Waals surface area (Å²) in [6.45, 7) is 0.548. The number of rotatable bonds is 4. The zero-order chi connectivity index (χ0) is 17.8. The van der Waals surface area contributed by atoms with Crippen molar-refractivity contribution >= 4 is 11.6 Å². The molecule has 1 N–H and O–H groups in total. The van der Waals surface area contributed by atoms with Crippen molar-refractivity contribution in [2.75, 3.05) is 11.9 Å². The van der Waals surface area contributed by atoms with E-state index < -0.39 is 0 Å².